The van der Waals surface area contributed by atoms with Crippen molar-refractivity contribution in [1.82, 2.24) is 4.90 Å². The summed E-state index contributed by atoms with van der Waals surface area (Å²) in [7, 11) is 3.87. The van der Waals surface area contributed by atoms with Crippen LogP contribution in [0.2, 0.25) is 0 Å². The van der Waals surface area contributed by atoms with Crippen LogP contribution in [0.3, 0.4) is 0 Å². The van der Waals surface area contributed by atoms with Crippen molar-refractivity contribution in [2.75, 3.05) is 14.1 Å². The first-order valence-corrected chi connectivity index (χ1v) is 6.37. The summed E-state index contributed by atoms with van der Waals surface area (Å²) in [4.78, 5) is 6.46. The lowest BCUT2D eigenvalue weighted by molar-refractivity contribution is 0.0755. The zero-order valence-electron chi connectivity index (χ0n) is 12.7. The number of aliphatic imine (C=N–C) groups is 1. The Bertz CT molecular complexity index is 300. The Kier molecular flexibility index (Phi) is 6.74. The van der Waals surface area contributed by atoms with Crippen LogP contribution in [0.15, 0.2) is 30.3 Å². The molecule has 2 atom stereocenters. The van der Waals surface area contributed by atoms with E-state index in [2.05, 4.69) is 45.8 Å². The molecule has 0 aromatic heterocycles. The van der Waals surface area contributed by atoms with Crippen LogP contribution < -0.4 is 0 Å². The number of amidine groups is 1. The van der Waals surface area contributed by atoms with Gasteiger partial charge in [0.05, 0.1) is 6.04 Å². The third kappa shape index (κ3) is 5.89. The minimum atomic E-state index is 0.0204. The van der Waals surface area contributed by atoms with E-state index >= 15 is 0 Å². The van der Waals surface area contributed by atoms with Crippen LogP contribution in [0.1, 0.15) is 34.1 Å². The zero-order chi connectivity index (χ0) is 14.3. The molecule has 0 saturated carbocycles. The van der Waals surface area contributed by atoms with Gasteiger partial charge < -0.3 is 9.64 Å². The van der Waals surface area contributed by atoms with Gasteiger partial charge in [0.15, 0.2) is 0 Å². The Morgan fingerprint density at radius 3 is 2.22 bits per heavy atom. The lowest BCUT2D eigenvalue weighted by Gasteiger charge is -2.30. The molecule has 0 aliphatic carbocycles. The van der Waals surface area contributed by atoms with Crippen molar-refractivity contribution in [2.45, 2.75) is 46.3 Å². The number of hydrogen-bond acceptors (Lipinski definition) is 2. The smallest absolute Gasteiger partial charge is 0.287 e. The van der Waals surface area contributed by atoms with Gasteiger partial charge >= 0.3 is 0 Å². The molecule has 0 spiro atoms. The van der Waals surface area contributed by atoms with Crippen LogP contribution in [0.25, 0.3) is 0 Å². The Hall–Kier alpha value is -1.25. The second kappa shape index (κ2) is 7.24. The summed E-state index contributed by atoms with van der Waals surface area (Å²) in [5.41, 5.74) is 0.0822. The van der Waals surface area contributed by atoms with Gasteiger partial charge in [-0.1, -0.05) is 32.9 Å². The fraction of sp³-hybridized carbons (Fsp3) is 0.667. The standard InChI is InChI=1S/C15H28N2O/c1-9-11-13(10-2)16-14(17(7)8)18-12(3)15(4,5)6/h9-10,12-13H,1-2,11H2,3-8H3. The largest absolute Gasteiger partial charge is 0.462 e. The monoisotopic (exact) mass is 252 g/mol. The Labute approximate surface area is 112 Å². The van der Waals surface area contributed by atoms with Crippen molar-refractivity contribution in [3.05, 3.63) is 25.3 Å². The molecule has 0 radical (unpaired) electrons. The van der Waals surface area contributed by atoms with Gasteiger partial charge in [-0.25, -0.2) is 4.99 Å². The highest BCUT2D eigenvalue weighted by Gasteiger charge is 2.24. The van der Waals surface area contributed by atoms with E-state index < -0.39 is 0 Å². The molecule has 0 rings (SSSR count). The van der Waals surface area contributed by atoms with Crippen LogP contribution in [-0.4, -0.2) is 37.2 Å². The Morgan fingerprint density at radius 2 is 1.89 bits per heavy atom. The molecule has 0 N–H and O–H groups in total. The molecule has 0 aromatic rings. The molecular formula is C15H28N2O. The van der Waals surface area contributed by atoms with Crippen molar-refractivity contribution in [2.24, 2.45) is 10.4 Å². The maximum absolute atomic E-state index is 5.95. The summed E-state index contributed by atoms with van der Waals surface area (Å²) < 4.78 is 5.95. The second-order valence-corrected chi connectivity index (χ2v) is 5.76. The summed E-state index contributed by atoms with van der Waals surface area (Å²) in [6, 6.07) is 0.663. The molecule has 3 nitrogen and oxygen atoms in total. The van der Waals surface area contributed by atoms with Gasteiger partial charge in [-0.3, -0.25) is 0 Å². The molecule has 0 saturated heterocycles. The van der Waals surface area contributed by atoms with E-state index in [1.165, 1.54) is 0 Å². The van der Waals surface area contributed by atoms with Crippen LogP contribution in [-0.2, 0) is 4.74 Å². The molecule has 3 heteroatoms. The van der Waals surface area contributed by atoms with Gasteiger partial charge in [-0.15, -0.1) is 13.2 Å². The first-order valence-electron chi connectivity index (χ1n) is 6.37. The van der Waals surface area contributed by atoms with E-state index in [0.29, 0.717) is 6.02 Å². The molecule has 0 aliphatic rings. The lowest BCUT2D eigenvalue weighted by atomic mass is 9.90. The van der Waals surface area contributed by atoms with Crippen molar-refractivity contribution in [3.63, 3.8) is 0 Å². The van der Waals surface area contributed by atoms with E-state index in [9.17, 15) is 0 Å². The fourth-order valence-electron chi connectivity index (χ4n) is 1.10. The normalized spacial score (nSPS) is 15.8. The summed E-state index contributed by atoms with van der Waals surface area (Å²) in [6.45, 7) is 16.0. The van der Waals surface area contributed by atoms with E-state index in [-0.39, 0.29) is 17.6 Å². The molecule has 104 valence electrons. The van der Waals surface area contributed by atoms with Crippen LogP contribution in [0.4, 0.5) is 0 Å². The predicted molar refractivity (Wildman–Crippen MR) is 79.9 cm³/mol. The Morgan fingerprint density at radius 1 is 1.33 bits per heavy atom. The summed E-state index contributed by atoms with van der Waals surface area (Å²) in [5.74, 6) is 0. The maximum Gasteiger partial charge on any atom is 0.287 e. The first-order chi connectivity index (χ1) is 8.22. The molecule has 0 amide bonds. The average molecular weight is 252 g/mol. The van der Waals surface area contributed by atoms with Crippen molar-refractivity contribution in [1.29, 1.82) is 0 Å². The van der Waals surface area contributed by atoms with E-state index in [4.69, 9.17) is 4.74 Å². The molecule has 0 heterocycles. The molecule has 0 aromatic carbocycles. The van der Waals surface area contributed by atoms with Crippen molar-refractivity contribution in [3.8, 4) is 0 Å². The highest BCUT2D eigenvalue weighted by Crippen LogP contribution is 2.22. The highest BCUT2D eigenvalue weighted by molar-refractivity contribution is 5.73. The van der Waals surface area contributed by atoms with Gasteiger partial charge in [-0.05, 0) is 18.8 Å². The van der Waals surface area contributed by atoms with Crippen LogP contribution in [0, 0.1) is 5.41 Å². The SMILES string of the molecule is C=CCC(C=C)N=C(OC(C)C(C)(C)C)N(C)C. The Balaban J connectivity index is 4.90. The van der Waals surface area contributed by atoms with Gasteiger partial charge in [0.2, 0.25) is 0 Å². The number of nitrogens with zero attached hydrogens (tertiary/aromatic N) is 2. The third-order valence-electron chi connectivity index (χ3n) is 2.84. The maximum atomic E-state index is 5.95. The molecule has 2 unspecified atom stereocenters. The number of hydrogen-bond donors (Lipinski definition) is 0. The topological polar surface area (TPSA) is 24.8 Å². The van der Waals surface area contributed by atoms with Gasteiger partial charge in [0.1, 0.15) is 6.10 Å². The zero-order valence-corrected chi connectivity index (χ0v) is 12.7. The highest BCUT2D eigenvalue weighted by atomic mass is 16.5. The third-order valence-corrected chi connectivity index (χ3v) is 2.84. The van der Waals surface area contributed by atoms with Crippen molar-refractivity contribution < 1.29 is 4.74 Å². The summed E-state index contributed by atoms with van der Waals surface area (Å²) in [5, 5.41) is 0. The molecule has 0 aliphatic heterocycles. The minimum Gasteiger partial charge on any atom is -0.462 e. The van der Waals surface area contributed by atoms with E-state index in [1.807, 2.05) is 31.1 Å². The lowest BCUT2D eigenvalue weighted by Crippen LogP contribution is -2.35. The van der Waals surface area contributed by atoms with Gasteiger partial charge in [0.25, 0.3) is 6.02 Å². The molecule has 18 heavy (non-hydrogen) atoms. The van der Waals surface area contributed by atoms with Crippen LogP contribution >= 0.6 is 0 Å². The molecule has 0 bridgehead atoms. The van der Waals surface area contributed by atoms with E-state index in [0.717, 1.165) is 6.42 Å². The van der Waals surface area contributed by atoms with Crippen LogP contribution in [0.5, 0.6) is 0 Å². The van der Waals surface area contributed by atoms with Gasteiger partial charge in [-0.2, -0.15) is 0 Å². The van der Waals surface area contributed by atoms with E-state index in [1.54, 1.807) is 0 Å². The summed E-state index contributed by atoms with van der Waals surface area (Å²) in [6.07, 6.45) is 4.52. The number of rotatable bonds is 5. The number of ether oxygens (including phenoxy) is 1. The molecule has 0 fully saturated rings. The van der Waals surface area contributed by atoms with Gasteiger partial charge in [0, 0.05) is 14.1 Å². The minimum absolute atomic E-state index is 0.0204. The van der Waals surface area contributed by atoms with Crippen molar-refractivity contribution >= 4 is 6.02 Å². The predicted octanol–water partition coefficient (Wildman–Crippen LogP) is 3.49. The fourth-order valence-corrected chi connectivity index (χ4v) is 1.10. The average Bonchev–Trinajstić information content (AvgIpc) is 2.25. The molecular weight excluding hydrogens is 224 g/mol. The first kappa shape index (κ1) is 16.8. The second-order valence-electron chi connectivity index (χ2n) is 5.76. The quantitative estimate of drug-likeness (QED) is 0.425. The summed E-state index contributed by atoms with van der Waals surface area (Å²) >= 11 is 0.